The number of hydrogen-bond acceptors (Lipinski definition) is 4. The van der Waals surface area contributed by atoms with Crippen LogP contribution in [0.3, 0.4) is 0 Å². The Bertz CT molecular complexity index is 1110. The largest absolute Gasteiger partial charge is 0.493 e. The van der Waals surface area contributed by atoms with Crippen LogP contribution in [0.4, 0.5) is 0 Å². The number of carbonyl (C=O) groups is 1. The minimum atomic E-state index is -3.62. The fourth-order valence-corrected chi connectivity index (χ4v) is 2.77. The molecule has 0 amide bonds. The van der Waals surface area contributed by atoms with Gasteiger partial charge in [-0.3, -0.25) is 9.69 Å². The van der Waals surface area contributed by atoms with Gasteiger partial charge in [-0.15, -0.1) is 0 Å². The van der Waals surface area contributed by atoms with E-state index in [9.17, 15) is 4.79 Å². The van der Waals surface area contributed by atoms with Gasteiger partial charge in [-0.05, 0) is 41.9 Å². The molecule has 0 radical (unpaired) electrons. The number of benzene rings is 1. The smallest absolute Gasteiger partial charge is 0.161 e. The summed E-state index contributed by atoms with van der Waals surface area (Å²) in [6.45, 7) is -7.04. The first-order chi connectivity index (χ1) is 16.9. The van der Waals surface area contributed by atoms with E-state index in [0.29, 0.717) is 11.8 Å². The molecule has 132 valence electrons. The molecule has 0 bridgehead atoms. The third kappa shape index (κ3) is 3.16. The maximum absolute atomic E-state index is 13.6. The van der Waals surface area contributed by atoms with Crippen molar-refractivity contribution in [1.29, 1.82) is 0 Å². The molecule has 24 heavy (non-hydrogen) atoms. The molecule has 2 heterocycles. The van der Waals surface area contributed by atoms with Crippen LogP contribution in [0.1, 0.15) is 69.3 Å². The van der Waals surface area contributed by atoms with Gasteiger partial charge in [-0.2, -0.15) is 0 Å². The van der Waals surface area contributed by atoms with E-state index < -0.39 is 69.0 Å². The average Bonchev–Trinajstić information content (AvgIpc) is 2.76. The predicted octanol–water partition coefficient (Wildman–Crippen LogP) is 3.63. The highest BCUT2D eigenvalue weighted by atomic mass is 16.5. The lowest BCUT2D eigenvalue weighted by Gasteiger charge is -2.43. The van der Waals surface area contributed by atoms with E-state index in [2.05, 4.69) is 0 Å². The maximum Gasteiger partial charge on any atom is 0.161 e. The Balaban J connectivity index is 2.33. The molecule has 4 heteroatoms. The average molecular weight is 346 g/mol. The lowest BCUT2D eigenvalue weighted by molar-refractivity contribution is -0.129. The molecule has 0 saturated carbocycles. The summed E-state index contributed by atoms with van der Waals surface area (Å²) in [7, 11) is 2.54. The number of fused-ring (bicyclic) bond motifs is 3. The van der Waals surface area contributed by atoms with Crippen molar-refractivity contribution in [2.45, 2.75) is 45.3 Å². The van der Waals surface area contributed by atoms with Crippen LogP contribution in [0.2, 0.25) is 0 Å². The zero-order valence-corrected chi connectivity index (χ0v) is 13.7. The number of ether oxygens (including phenoxy) is 2. The van der Waals surface area contributed by atoms with Crippen LogP contribution >= 0.6 is 0 Å². The Morgan fingerprint density at radius 3 is 2.88 bits per heavy atom. The van der Waals surface area contributed by atoms with Crippen LogP contribution in [-0.4, -0.2) is 37.9 Å². The number of hydrogen-bond donors (Lipinski definition) is 0. The van der Waals surface area contributed by atoms with E-state index in [1.807, 2.05) is 0 Å². The second kappa shape index (κ2) is 7.14. The topological polar surface area (TPSA) is 38.8 Å². The number of piperidine rings is 1. The normalized spacial score (nSPS) is 42.9. The third-order valence-corrected chi connectivity index (χ3v) is 4.04. The van der Waals surface area contributed by atoms with Crippen LogP contribution < -0.4 is 9.47 Å². The van der Waals surface area contributed by atoms with Gasteiger partial charge in [0.15, 0.2) is 11.5 Å². The van der Waals surface area contributed by atoms with Crippen molar-refractivity contribution in [3.05, 3.63) is 23.3 Å². The minimum absolute atomic E-state index is 0.0260. The molecule has 0 aliphatic carbocycles. The summed E-state index contributed by atoms with van der Waals surface area (Å²) < 4.78 is 127. The minimum Gasteiger partial charge on any atom is -0.493 e. The van der Waals surface area contributed by atoms with Crippen LogP contribution in [0.5, 0.6) is 11.5 Å². The van der Waals surface area contributed by atoms with E-state index in [0.717, 1.165) is 6.07 Å². The second-order valence-corrected chi connectivity index (χ2v) is 5.42. The first-order valence-corrected chi connectivity index (χ1v) is 7.44. The van der Waals surface area contributed by atoms with Crippen molar-refractivity contribution in [3.8, 4) is 11.5 Å². The zero-order chi connectivity index (χ0) is 29.7. The van der Waals surface area contributed by atoms with E-state index in [1.54, 1.807) is 0 Å². The number of aryl methyl sites for hydroxylation is 1. The summed E-state index contributed by atoms with van der Waals surface area (Å²) >= 11 is 0. The van der Waals surface area contributed by atoms with E-state index in [-0.39, 0.29) is 22.6 Å². The number of ketones is 1. The van der Waals surface area contributed by atoms with Gasteiger partial charge in [0.1, 0.15) is 5.78 Å². The van der Waals surface area contributed by atoms with Crippen LogP contribution in [0, 0.1) is 11.8 Å². The quantitative estimate of drug-likeness (QED) is 0.817. The van der Waals surface area contributed by atoms with Crippen molar-refractivity contribution in [1.82, 2.24) is 4.90 Å². The highest BCUT2D eigenvalue weighted by Crippen LogP contribution is 2.42. The van der Waals surface area contributed by atoms with Gasteiger partial charge in [0.25, 0.3) is 0 Å². The van der Waals surface area contributed by atoms with E-state index >= 15 is 0 Å². The number of nitrogens with zero attached hydrogens (tertiary/aromatic N) is 1. The highest BCUT2D eigenvalue weighted by molar-refractivity contribution is 5.83. The lowest BCUT2D eigenvalue weighted by atomic mass is 9.79. The van der Waals surface area contributed by atoms with E-state index in [4.69, 9.17) is 28.7 Å². The number of Topliss-reactive ketones (excluding diaryl/α,β-unsaturated/α-hetero) is 1. The molecular formula is C20H29NO3. The molecule has 0 spiro atoms. The van der Waals surface area contributed by atoms with Crippen molar-refractivity contribution >= 4 is 5.78 Å². The zero-order valence-electron chi connectivity index (χ0n) is 27.7. The molecule has 1 aromatic rings. The summed E-state index contributed by atoms with van der Waals surface area (Å²) in [5, 5.41) is 0. The molecule has 2 aliphatic rings. The number of carbonyl (C=O) groups excluding carboxylic acids is 1. The molecule has 0 N–H and O–H groups in total. The molecular weight excluding hydrogens is 302 g/mol. The maximum atomic E-state index is 13.6. The first kappa shape index (κ1) is 6.99. The standard InChI is InChI=1S/C20H29NO3/c1-5-13(2)8-15-12-21-7-6-14-9-19(23-3)20(24-4)10-16(14)17(21)11-18(15)22/h9-10,13,15,17H,5-8,11-12H2,1-4H3/i2D3,5D2,6D2,7D2,8D2,11D2,13D. The van der Waals surface area contributed by atoms with Gasteiger partial charge in [0.05, 0.1) is 14.2 Å². The summed E-state index contributed by atoms with van der Waals surface area (Å²) in [5.41, 5.74) is -0.472. The van der Waals surface area contributed by atoms with Gasteiger partial charge in [-0.1, -0.05) is 20.1 Å². The molecule has 0 aromatic heterocycles. The molecule has 2 aliphatic heterocycles. The van der Waals surface area contributed by atoms with Crippen molar-refractivity contribution in [2.24, 2.45) is 11.8 Å². The molecule has 4 nitrogen and oxygen atoms in total. The predicted molar refractivity (Wildman–Crippen MR) is 94.8 cm³/mol. The Kier molecular flexibility index (Phi) is 2.08. The summed E-state index contributed by atoms with van der Waals surface area (Å²) in [4.78, 5) is 14.2. The van der Waals surface area contributed by atoms with Gasteiger partial charge in [0, 0.05) is 50.6 Å². The fourth-order valence-electron chi connectivity index (χ4n) is 2.77. The molecule has 3 rings (SSSR count). The van der Waals surface area contributed by atoms with Crippen molar-refractivity contribution < 1.29 is 33.5 Å². The highest BCUT2D eigenvalue weighted by Gasteiger charge is 2.38. The Morgan fingerprint density at radius 2 is 2.21 bits per heavy atom. The fraction of sp³-hybridized carbons (Fsp3) is 0.650. The van der Waals surface area contributed by atoms with Crippen molar-refractivity contribution in [3.63, 3.8) is 0 Å². The third-order valence-electron chi connectivity index (χ3n) is 4.04. The molecule has 1 fully saturated rings. The van der Waals surface area contributed by atoms with E-state index in [1.165, 1.54) is 20.3 Å². The first-order valence-electron chi connectivity index (χ1n) is 14.4. The molecule has 1 saturated heterocycles. The van der Waals surface area contributed by atoms with Crippen molar-refractivity contribution in [2.75, 3.05) is 27.3 Å². The van der Waals surface area contributed by atoms with Gasteiger partial charge < -0.3 is 9.47 Å². The lowest BCUT2D eigenvalue weighted by Crippen LogP contribution is -2.46. The van der Waals surface area contributed by atoms with Crippen LogP contribution in [-0.2, 0) is 11.2 Å². The SMILES string of the molecule is [2H]C1([2H])C(=O)C(C([2H])([2H])C([2H])(C([2H])([2H])[2H])C([2H])([2H])C)CN2C1c1cc(OC)c(OC)cc1C([2H])([2H])C2([2H])[2H]. The Morgan fingerprint density at radius 1 is 1.46 bits per heavy atom. The Hall–Kier alpha value is -1.55. The van der Waals surface area contributed by atoms with Gasteiger partial charge >= 0.3 is 0 Å². The van der Waals surface area contributed by atoms with Crippen LogP contribution in [0.25, 0.3) is 0 Å². The molecule has 3 atom stereocenters. The summed E-state index contributed by atoms with van der Waals surface area (Å²) in [5.74, 6) is -7.34. The van der Waals surface area contributed by atoms with Gasteiger partial charge in [-0.25, -0.2) is 0 Å². The summed E-state index contributed by atoms with van der Waals surface area (Å²) in [6.07, 6.45) is -12.6. The monoisotopic (exact) mass is 345 g/mol. The van der Waals surface area contributed by atoms with Crippen LogP contribution in [0.15, 0.2) is 12.1 Å². The molecule has 3 unspecified atom stereocenters. The van der Waals surface area contributed by atoms with Gasteiger partial charge in [0.2, 0.25) is 0 Å². The second-order valence-electron chi connectivity index (χ2n) is 5.42. The summed E-state index contributed by atoms with van der Waals surface area (Å²) in [6, 6.07) is 0.563. The Labute approximate surface area is 164 Å². The molecule has 1 aromatic carbocycles. The number of rotatable bonds is 5. The number of methoxy groups -OCH3 is 2.